The molecule has 24 heavy (non-hydrogen) atoms. The lowest BCUT2D eigenvalue weighted by Crippen LogP contribution is -2.41. The van der Waals surface area contributed by atoms with E-state index in [1.165, 1.54) is 6.42 Å². The van der Waals surface area contributed by atoms with E-state index in [4.69, 9.17) is 4.74 Å². The van der Waals surface area contributed by atoms with Crippen LogP contribution in [0, 0.1) is 5.92 Å². The fraction of sp³-hybridized carbons (Fsp3) is 0.632. The zero-order chi connectivity index (χ0) is 17.4. The summed E-state index contributed by atoms with van der Waals surface area (Å²) < 4.78 is 5.32. The van der Waals surface area contributed by atoms with Gasteiger partial charge in [0.2, 0.25) is 5.91 Å². The van der Waals surface area contributed by atoms with Crippen LogP contribution in [0.25, 0.3) is 0 Å². The zero-order valence-electron chi connectivity index (χ0n) is 14.8. The fourth-order valence-corrected chi connectivity index (χ4v) is 3.41. The average Bonchev–Trinajstić information content (AvgIpc) is 2.57. The van der Waals surface area contributed by atoms with Gasteiger partial charge in [0.1, 0.15) is 5.75 Å². The van der Waals surface area contributed by atoms with Gasteiger partial charge in [-0.05, 0) is 43.9 Å². The van der Waals surface area contributed by atoms with Crippen LogP contribution < -0.4 is 10.1 Å². The molecule has 2 atom stereocenters. The van der Waals surface area contributed by atoms with Gasteiger partial charge in [0.05, 0.1) is 19.8 Å². The molecule has 0 radical (unpaired) electrons. The molecule has 0 bridgehead atoms. The molecule has 1 fully saturated rings. The van der Waals surface area contributed by atoms with Crippen LogP contribution >= 0.6 is 0 Å². The Morgan fingerprint density at radius 1 is 1.33 bits per heavy atom. The first-order chi connectivity index (χ1) is 11.6. The van der Waals surface area contributed by atoms with E-state index in [1.807, 2.05) is 36.2 Å². The number of para-hydroxylation sites is 1. The summed E-state index contributed by atoms with van der Waals surface area (Å²) in [7, 11) is 3.60. The molecule has 1 aliphatic rings. The number of benzene rings is 1. The molecule has 1 amide bonds. The molecular weight excluding hydrogens is 304 g/mol. The summed E-state index contributed by atoms with van der Waals surface area (Å²) in [4.78, 5) is 14.1. The second kappa shape index (κ2) is 9.64. The van der Waals surface area contributed by atoms with Crippen molar-refractivity contribution in [2.45, 2.75) is 38.2 Å². The summed E-state index contributed by atoms with van der Waals surface area (Å²) in [6.45, 7) is 1.75. The van der Waals surface area contributed by atoms with E-state index in [9.17, 15) is 9.90 Å². The van der Waals surface area contributed by atoms with Crippen molar-refractivity contribution >= 4 is 5.91 Å². The van der Waals surface area contributed by atoms with Crippen molar-refractivity contribution in [2.75, 3.05) is 33.8 Å². The number of carbonyl (C=O) groups is 1. The third-order valence-corrected chi connectivity index (χ3v) is 4.74. The second-order valence-corrected chi connectivity index (χ2v) is 6.72. The van der Waals surface area contributed by atoms with Crippen molar-refractivity contribution in [2.24, 2.45) is 5.92 Å². The van der Waals surface area contributed by atoms with Gasteiger partial charge in [-0.2, -0.15) is 0 Å². The molecule has 134 valence electrons. The molecule has 0 aromatic heterocycles. The maximum atomic E-state index is 12.1. The van der Waals surface area contributed by atoms with Crippen LogP contribution in [0.1, 0.15) is 31.2 Å². The van der Waals surface area contributed by atoms with E-state index in [0.717, 1.165) is 43.5 Å². The number of ether oxygens (including phenoxy) is 1. The maximum Gasteiger partial charge on any atom is 0.234 e. The number of amides is 1. The number of carbonyl (C=O) groups excluding carboxylic acids is 1. The summed E-state index contributed by atoms with van der Waals surface area (Å²) in [6.07, 6.45) is 4.78. The molecule has 0 spiro atoms. The molecule has 0 heterocycles. The predicted octanol–water partition coefficient (Wildman–Crippen LogP) is 1.84. The number of aliphatic hydroxyl groups excluding tert-OH is 1. The molecule has 0 saturated heterocycles. The second-order valence-electron chi connectivity index (χ2n) is 6.72. The summed E-state index contributed by atoms with van der Waals surface area (Å²) in [5.74, 6) is 1.18. The highest BCUT2D eigenvalue weighted by molar-refractivity contribution is 5.77. The van der Waals surface area contributed by atoms with Gasteiger partial charge >= 0.3 is 0 Å². The molecule has 2 unspecified atom stereocenters. The Morgan fingerprint density at radius 2 is 2.08 bits per heavy atom. The maximum absolute atomic E-state index is 12.1. The molecule has 1 saturated carbocycles. The number of likely N-dealkylation sites (N-methyl/N-ethyl adjacent to an activating group) is 1. The van der Waals surface area contributed by atoms with Gasteiger partial charge < -0.3 is 15.2 Å². The van der Waals surface area contributed by atoms with Crippen molar-refractivity contribution in [3.63, 3.8) is 0 Å². The molecule has 5 nitrogen and oxygen atoms in total. The van der Waals surface area contributed by atoms with Crippen LogP contribution in [-0.2, 0) is 11.2 Å². The Hall–Kier alpha value is -1.59. The topological polar surface area (TPSA) is 61.8 Å². The van der Waals surface area contributed by atoms with E-state index in [-0.39, 0.29) is 12.0 Å². The first kappa shape index (κ1) is 18.7. The Bertz CT molecular complexity index is 521. The highest BCUT2D eigenvalue weighted by Gasteiger charge is 2.24. The SMILES string of the molecule is COc1ccccc1CCNC(=O)CN(C)CC1CCCCC1O. The minimum absolute atomic E-state index is 0.0256. The number of hydrogen-bond donors (Lipinski definition) is 2. The van der Waals surface area contributed by atoms with Gasteiger partial charge in [0.15, 0.2) is 0 Å². The lowest BCUT2D eigenvalue weighted by molar-refractivity contribution is -0.122. The van der Waals surface area contributed by atoms with Crippen LogP contribution in [0.3, 0.4) is 0 Å². The van der Waals surface area contributed by atoms with E-state index in [0.29, 0.717) is 19.0 Å². The van der Waals surface area contributed by atoms with Crippen molar-refractivity contribution in [1.82, 2.24) is 10.2 Å². The van der Waals surface area contributed by atoms with E-state index in [2.05, 4.69) is 5.32 Å². The van der Waals surface area contributed by atoms with Gasteiger partial charge in [-0.25, -0.2) is 0 Å². The third kappa shape index (κ3) is 5.80. The minimum atomic E-state index is -0.213. The van der Waals surface area contributed by atoms with Crippen molar-refractivity contribution in [3.05, 3.63) is 29.8 Å². The van der Waals surface area contributed by atoms with Crippen LogP contribution in [0.2, 0.25) is 0 Å². The smallest absolute Gasteiger partial charge is 0.234 e. The minimum Gasteiger partial charge on any atom is -0.496 e. The predicted molar refractivity (Wildman–Crippen MR) is 95.2 cm³/mol. The number of aliphatic hydroxyl groups is 1. The van der Waals surface area contributed by atoms with Crippen LogP contribution in [0.5, 0.6) is 5.75 Å². The van der Waals surface area contributed by atoms with E-state index >= 15 is 0 Å². The molecule has 1 aromatic carbocycles. The molecule has 2 N–H and O–H groups in total. The largest absolute Gasteiger partial charge is 0.496 e. The third-order valence-electron chi connectivity index (χ3n) is 4.74. The number of nitrogens with one attached hydrogen (secondary N) is 1. The van der Waals surface area contributed by atoms with Gasteiger partial charge in [0, 0.05) is 13.1 Å². The fourth-order valence-electron chi connectivity index (χ4n) is 3.41. The Balaban J connectivity index is 1.69. The van der Waals surface area contributed by atoms with Gasteiger partial charge in [0.25, 0.3) is 0 Å². The summed E-state index contributed by atoms with van der Waals surface area (Å²) in [5.41, 5.74) is 1.10. The summed E-state index contributed by atoms with van der Waals surface area (Å²) in [6, 6.07) is 7.86. The molecule has 1 aliphatic carbocycles. The number of hydrogen-bond acceptors (Lipinski definition) is 4. The van der Waals surface area contributed by atoms with Crippen LogP contribution in [0.15, 0.2) is 24.3 Å². The quantitative estimate of drug-likeness (QED) is 0.761. The summed E-state index contributed by atoms with van der Waals surface area (Å²) >= 11 is 0. The van der Waals surface area contributed by atoms with Crippen molar-refractivity contribution in [1.29, 1.82) is 0 Å². The lowest BCUT2D eigenvalue weighted by Gasteiger charge is -2.30. The van der Waals surface area contributed by atoms with Gasteiger partial charge in [-0.15, -0.1) is 0 Å². The van der Waals surface area contributed by atoms with Gasteiger partial charge in [-0.1, -0.05) is 31.0 Å². The molecule has 0 aliphatic heterocycles. The van der Waals surface area contributed by atoms with Gasteiger partial charge in [-0.3, -0.25) is 9.69 Å². The number of methoxy groups -OCH3 is 1. The van der Waals surface area contributed by atoms with Crippen molar-refractivity contribution < 1.29 is 14.6 Å². The van der Waals surface area contributed by atoms with Crippen molar-refractivity contribution in [3.8, 4) is 5.75 Å². The summed E-state index contributed by atoms with van der Waals surface area (Å²) in [5, 5.41) is 13.0. The first-order valence-corrected chi connectivity index (χ1v) is 8.85. The Kier molecular flexibility index (Phi) is 7.53. The van der Waals surface area contributed by atoms with Crippen LogP contribution in [0.4, 0.5) is 0 Å². The monoisotopic (exact) mass is 334 g/mol. The lowest BCUT2D eigenvalue weighted by atomic mass is 9.86. The number of rotatable bonds is 8. The highest BCUT2D eigenvalue weighted by atomic mass is 16.5. The highest BCUT2D eigenvalue weighted by Crippen LogP contribution is 2.24. The Labute approximate surface area is 145 Å². The zero-order valence-corrected chi connectivity index (χ0v) is 14.8. The normalized spacial score (nSPS) is 20.8. The molecule has 2 rings (SSSR count). The van der Waals surface area contributed by atoms with E-state index in [1.54, 1.807) is 7.11 Å². The molecular formula is C19H30N2O3. The standard InChI is InChI=1S/C19H30N2O3/c1-21(13-16-8-3-5-9-17(16)22)14-19(23)20-12-11-15-7-4-6-10-18(15)24-2/h4,6-7,10,16-17,22H,3,5,8-9,11-14H2,1-2H3,(H,20,23). The molecule has 1 aromatic rings. The average molecular weight is 334 g/mol. The Morgan fingerprint density at radius 3 is 2.83 bits per heavy atom. The number of nitrogens with zero attached hydrogens (tertiary/aromatic N) is 1. The first-order valence-electron chi connectivity index (χ1n) is 8.85. The molecule has 5 heteroatoms. The van der Waals surface area contributed by atoms with Crippen LogP contribution in [-0.4, -0.2) is 55.8 Å². The van der Waals surface area contributed by atoms with E-state index < -0.39 is 0 Å².